The van der Waals surface area contributed by atoms with Gasteiger partial charge in [0.25, 0.3) is 11.5 Å². The Morgan fingerprint density at radius 1 is 1.11 bits per heavy atom. The number of anilines is 1. The standard InChI is InChI=1S/C30H33ClN4O3/c1-19-16-27(38-3)25(29(36)33-19)17-32-30(37)28-20(2)35(26-7-5-4-6-24(26)28)18-21-12-14-34(15-13-21)23-10-8-22(31)9-11-23/h4-11,16,21H,12-15,17-18H2,1-3H3,(H,32,37)(H,33,36). The molecule has 8 heteroatoms. The van der Waals surface area contributed by atoms with Gasteiger partial charge in [-0.05, 0) is 69.0 Å². The summed E-state index contributed by atoms with van der Waals surface area (Å²) in [5.74, 6) is 0.784. The van der Waals surface area contributed by atoms with Crippen LogP contribution in [0.4, 0.5) is 5.69 Å². The van der Waals surface area contributed by atoms with Crippen molar-refractivity contribution in [2.24, 2.45) is 5.92 Å². The van der Waals surface area contributed by atoms with E-state index in [-0.39, 0.29) is 18.0 Å². The highest BCUT2D eigenvalue weighted by Gasteiger charge is 2.25. The van der Waals surface area contributed by atoms with E-state index in [9.17, 15) is 9.59 Å². The van der Waals surface area contributed by atoms with Crippen molar-refractivity contribution in [1.82, 2.24) is 14.9 Å². The smallest absolute Gasteiger partial charge is 0.256 e. The second kappa shape index (κ2) is 11.0. The van der Waals surface area contributed by atoms with E-state index in [0.29, 0.717) is 28.5 Å². The number of benzene rings is 2. The number of aromatic amines is 1. The minimum atomic E-state index is -0.258. The van der Waals surface area contributed by atoms with E-state index < -0.39 is 0 Å². The van der Waals surface area contributed by atoms with Crippen molar-refractivity contribution < 1.29 is 9.53 Å². The van der Waals surface area contributed by atoms with Crippen LogP contribution in [-0.2, 0) is 13.1 Å². The molecule has 1 aliphatic heterocycles. The van der Waals surface area contributed by atoms with Crippen molar-refractivity contribution in [3.05, 3.63) is 92.5 Å². The molecule has 198 valence electrons. The van der Waals surface area contributed by atoms with E-state index in [1.807, 2.05) is 37.3 Å². The molecule has 0 atom stereocenters. The predicted octanol–water partition coefficient (Wildman–Crippen LogP) is 5.46. The van der Waals surface area contributed by atoms with Crippen molar-refractivity contribution >= 4 is 34.1 Å². The van der Waals surface area contributed by atoms with Crippen molar-refractivity contribution in [3.63, 3.8) is 0 Å². The summed E-state index contributed by atoms with van der Waals surface area (Å²) in [6, 6.07) is 17.9. The molecule has 0 aliphatic carbocycles. The van der Waals surface area contributed by atoms with Gasteiger partial charge in [0.15, 0.2) is 0 Å². The highest BCUT2D eigenvalue weighted by molar-refractivity contribution is 6.30. The SMILES string of the molecule is COc1cc(C)[nH]c(=O)c1CNC(=O)c1c(C)n(CC2CCN(c3ccc(Cl)cc3)CC2)c2ccccc12. The molecule has 38 heavy (non-hydrogen) atoms. The molecule has 2 aromatic heterocycles. The Hall–Kier alpha value is -3.71. The molecular weight excluding hydrogens is 500 g/mol. The van der Waals surface area contributed by atoms with Gasteiger partial charge in [-0.3, -0.25) is 9.59 Å². The largest absolute Gasteiger partial charge is 0.496 e. The summed E-state index contributed by atoms with van der Waals surface area (Å²) < 4.78 is 7.67. The Balaban J connectivity index is 1.33. The Morgan fingerprint density at radius 2 is 1.82 bits per heavy atom. The van der Waals surface area contributed by atoms with Crippen LogP contribution in [0.3, 0.4) is 0 Å². The highest BCUT2D eigenvalue weighted by Crippen LogP contribution is 2.30. The topological polar surface area (TPSA) is 79.4 Å². The molecule has 0 unspecified atom stereocenters. The lowest BCUT2D eigenvalue weighted by Crippen LogP contribution is -2.35. The number of ether oxygens (including phenoxy) is 1. The zero-order valence-electron chi connectivity index (χ0n) is 22.0. The van der Waals surface area contributed by atoms with Crippen LogP contribution >= 0.6 is 11.6 Å². The summed E-state index contributed by atoms with van der Waals surface area (Å²) in [7, 11) is 1.53. The molecule has 2 N–H and O–H groups in total. The summed E-state index contributed by atoms with van der Waals surface area (Å²) in [6.45, 7) is 6.73. The number of aryl methyl sites for hydroxylation is 1. The highest BCUT2D eigenvalue weighted by atomic mass is 35.5. The number of carbonyl (C=O) groups is 1. The molecule has 3 heterocycles. The Kier molecular flexibility index (Phi) is 7.47. The molecule has 1 fully saturated rings. The first-order valence-electron chi connectivity index (χ1n) is 13.0. The molecule has 0 bridgehead atoms. The van der Waals surface area contributed by atoms with Crippen LogP contribution in [0.25, 0.3) is 10.9 Å². The third kappa shape index (κ3) is 5.16. The lowest BCUT2D eigenvalue weighted by molar-refractivity contribution is 0.0951. The van der Waals surface area contributed by atoms with E-state index in [0.717, 1.165) is 54.1 Å². The number of amides is 1. The Labute approximate surface area is 227 Å². The maximum Gasteiger partial charge on any atom is 0.256 e. The summed E-state index contributed by atoms with van der Waals surface area (Å²) in [5, 5.41) is 4.63. The molecule has 1 saturated heterocycles. The van der Waals surface area contributed by atoms with Crippen LogP contribution < -0.4 is 20.5 Å². The van der Waals surface area contributed by atoms with Gasteiger partial charge in [-0.2, -0.15) is 0 Å². The monoisotopic (exact) mass is 532 g/mol. The zero-order chi connectivity index (χ0) is 26.8. The number of hydrogen-bond donors (Lipinski definition) is 2. The van der Waals surface area contributed by atoms with E-state index in [2.05, 4.69) is 38.0 Å². The quantitative estimate of drug-likeness (QED) is 0.331. The molecule has 4 aromatic rings. The number of hydrogen-bond acceptors (Lipinski definition) is 4. The molecule has 2 aromatic carbocycles. The fraction of sp³-hybridized carbons (Fsp3) is 0.333. The molecule has 1 amide bonds. The summed E-state index contributed by atoms with van der Waals surface area (Å²) in [5.41, 5.74) is 4.71. The normalized spacial score (nSPS) is 14.2. The van der Waals surface area contributed by atoms with Crippen LogP contribution in [0.15, 0.2) is 59.4 Å². The second-order valence-corrected chi connectivity index (χ2v) is 10.4. The first-order chi connectivity index (χ1) is 18.4. The van der Waals surface area contributed by atoms with Crippen LogP contribution in [0, 0.1) is 19.8 Å². The number of rotatable bonds is 7. The van der Waals surface area contributed by atoms with Gasteiger partial charge < -0.3 is 24.5 Å². The number of halogens is 1. The van der Waals surface area contributed by atoms with Gasteiger partial charge in [-0.15, -0.1) is 0 Å². The Morgan fingerprint density at radius 3 is 2.53 bits per heavy atom. The number of piperidine rings is 1. The van der Waals surface area contributed by atoms with Crippen molar-refractivity contribution in [3.8, 4) is 5.75 Å². The Bertz CT molecular complexity index is 1520. The van der Waals surface area contributed by atoms with E-state index in [4.69, 9.17) is 16.3 Å². The zero-order valence-corrected chi connectivity index (χ0v) is 22.8. The third-order valence-corrected chi connectivity index (χ3v) is 7.83. The minimum absolute atomic E-state index is 0.0831. The fourth-order valence-electron chi connectivity index (χ4n) is 5.53. The maximum absolute atomic E-state index is 13.5. The van der Waals surface area contributed by atoms with Gasteiger partial charge >= 0.3 is 0 Å². The molecule has 1 aliphatic rings. The van der Waals surface area contributed by atoms with Crippen molar-refractivity contribution in [2.75, 3.05) is 25.1 Å². The number of nitrogens with zero attached hydrogens (tertiary/aromatic N) is 2. The summed E-state index contributed by atoms with van der Waals surface area (Å²) >= 11 is 6.06. The van der Waals surface area contributed by atoms with Crippen molar-refractivity contribution in [2.45, 2.75) is 39.8 Å². The number of H-pyrrole nitrogens is 1. The number of para-hydroxylation sites is 1. The summed E-state index contributed by atoms with van der Waals surface area (Å²) in [6.07, 6.45) is 2.15. The number of pyridine rings is 1. The van der Waals surface area contributed by atoms with E-state index in [1.54, 1.807) is 13.0 Å². The van der Waals surface area contributed by atoms with Gasteiger partial charge in [0.05, 0.1) is 24.8 Å². The number of aromatic nitrogens is 2. The van der Waals surface area contributed by atoms with Crippen LogP contribution in [0.1, 0.15) is 40.2 Å². The predicted molar refractivity (Wildman–Crippen MR) is 153 cm³/mol. The average molecular weight is 533 g/mol. The first kappa shape index (κ1) is 25.9. The molecule has 7 nitrogen and oxygen atoms in total. The molecule has 0 spiro atoms. The number of methoxy groups -OCH3 is 1. The van der Waals surface area contributed by atoms with E-state index in [1.165, 1.54) is 12.8 Å². The second-order valence-electron chi connectivity index (χ2n) is 10.0. The fourth-order valence-corrected chi connectivity index (χ4v) is 5.66. The van der Waals surface area contributed by atoms with Crippen LogP contribution in [0.5, 0.6) is 5.75 Å². The van der Waals surface area contributed by atoms with E-state index >= 15 is 0 Å². The average Bonchev–Trinajstić information content (AvgIpc) is 3.19. The van der Waals surface area contributed by atoms with Crippen molar-refractivity contribution in [1.29, 1.82) is 0 Å². The van der Waals surface area contributed by atoms with Gasteiger partial charge in [0, 0.05) is 52.6 Å². The molecule has 5 rings (SSSR count). The maximum atomic E-state index is 13.5. The number of nitrogens with one attached hydrogen (secondary N) is 2. The summed E-state index contributed by atoms with van der Waals surface area (Å²) in [4.78, 5) is 31.2. The van der Waals surface area contributed by atoms with Gasteiger partial charge in [0.1, 0.15) is 5.75 Å². The number of carbonyl (C=O) groups excluding carboxylic acids is 1. The van der Waals surface area contributed by atoms with Gasteiger partial charge in [-0.25, -0.2) is 0 Å². The van der Waals surface area contributed by atoms with Crippen LogP contribution in [-0.4, -0.2) is 35.7 Å². The lowest BCUT2D eigenvalue weighted by atomic mass is 9.96. The third-order valence-electron chi connectivity index (χ3n) is 7.58. The molecule has 0 radical (unpaired) electrons. The number of fused-ring (bicyclic) bond motifs is 1. The molecular formula is C30H33ClN4O3. The first-order valence-corrected chi connectivity index (χ1v) is 13.4. The minimum Gasteiger partial charge on any atom is -0.496 e. The molecule has 0 saturated carbocycles. The lowest BCUT2D eigenvalue weighted by Gasteiger charge is -2.34. The van der Waals surface area contributed by atoms with Gasteiger partial charge in [-0.1, -0.05) is 29.8 Å². The van der Waals surface area contributed by atoms with Crippen LogP contribution in [0.2, 0.25) is 5.02 Å². The van der Waals surface area contributed by atoms with Gasteiger partial charge in [0.2, 0.25) is 0 Å².